The highest BCUT2D eigenvalue weighted by molar-refractivity contribution is 6.09. The molecule has 2 rings (SSSR count). The molecule has 0 saturated heterocycles. The molecule has 1 aromatic carbocycles. The molecular formula is C10H9N3O. The van der Waals surface area contributed by atoms with Gasteiger partial charge < -0.3 is 5.73 Å². The minimum absolute atomic E-state index is 0.0777. The number of anilines is 1. The lowest BCUT2D eigenvalue weighted by molar-refractivity contribution is 0.103. The summed E-state index contributed by atoms with van der Waals surface area (Å²) in [4.78, 5) is 11.7. The summed E-state index contributed by atoms with van der Waals surface area (Å²) in [6.07, 6.45) is 3.05. The maximum Gasteiger partial charge on any atom is 0.196 e. The van der Waals surface area contributed by atoms with Crippen LogP contribution in [0.5, 0.6) is 0 Å². The van der Waals surface area contributed by atoms with Crippen molar-refractivity contribution in [2.24, 2.45) is 0 Å². The van der Waals surface area contributed by atoms with Crippen molar-refractivity contribution in [3.63, 3.8) is 0 Å². The first-order valence-electron chi connectivity index (χ1n) is 4.16. The van der Waals surface area contributed by atoms with Crippen LogP contribution in [-0.4, -0.2) is 16.0 Å². The predicted octanol–water partition coefficient (Wildman–Crippen LogP) is 1.22. The number of aromatic amines is 1. The summed E-state index contributed by atoms with van der Waals surface area (Å²) in [6, 6.07) is 6.87. The summed E-state index contributed by atoms with van der Waals surface area (Å²) < 4.78 is 0. The molecule has 70 valence electrons. The zero-order valence-corrected chi connectivity index (χ0v) is 7.40. The Morgan fingerprint density at radius 1 is 1.36 bits per heavy atom. The number of benzene rings is 1. The zero-order valence-electron chi connectivity index (χ0n) is 7.40. The van der Waals surface area contributed by atoms with Crippen molar-refractivity contribution >= 4 is 11.5 Å². The molecule has 0 spiro atoms. The average Bonchev–Trinajstić information content (AvgIpc) is 2.69. The van der Waals surface area contributed by atoms with Gasteiger partial charge in [0, 0.05) is 17.4 Å². The van der Waals surface area contributed by atoms with E-state index in [1.54, 1.807) is 30.5 Å². The van der Waals surface area contributed by atoms with Crippen LogP contribution in [0.2, 0.25) is 0 Å². The number of nitrogens with two attached hydrogens (primary N) is 1. The van der Waals surface area contributed by atoms with Gasteiger partial charge in [-0.05, 0) is 12.1 Å². The maximum atomic E-state index is 11.7. The highest BCUT2D eigenvalue weighted by atomic mass is 16.1. The quantitative estimate of drug-likeness (QED) is 0.548. The van der Waals surface area contributed by atoms with Crippen LogP contribution in [-0.2, 0) is 0 Å². The predicted molar refractivity (Wildman–Crippen MR) is 52.9 cm³/mol. The lowest BCUT2D eigenvalue weighted by Gasteiger charge is -1.98. The third-order valence-corrected chi connectivity index (χ3v) is 1.91. The van der Waals surface area contributed by atoms with E-state index in [1.165, 1.54) is 6.20 Å². The average molecular weight is 187 g/mol. The van der Waals surface area contributed by atoms with Gasteiger partial charge in [0.2, 0.25) is 0 Å². The van der Waals surface area contributed by atoms with Crippen molar-refractivity contribution in [3.8, 4) is 0 Å². The zero-order chi connectivity index (χ0) is 9.97. The molecule has 0 atom stereocenters. The largest absolute Gasteiger partial charge is 0.399 e. The van der Waals surface area contributed by atoms with Crippen molar-refractivity contribution in [1.29, 1.82) is 0 Å². The Balaban J connectivity index is 2.37. The molecule has 0 aliphatic heterocycles. The van der Waals surface area contributed by atoms with E-state index in [9.17, 15) is 4.79 Å². The van der Waals surface area contributed by atoms with E-state index in [2.05, 4.69) is 10.2 Å². The van der Waals surface area contributed by atoms with Crippen LogP contribution in [0, 0.1) is 0 Å². The molecule has 0 unspecified atom stereocenters. The number of rotatable bonds is 2. The number of carbonyl (C=O) groups is 1. The molecule has 1 aromatic heterocycles. The van der Waals surface area contributed by atoms with Gasteiger partial charge in [-0.3, -0.25) is 9.89 Å². The van der Waals surface area contributed by atoms with Gasteiger partial charge in [-0.1, -0.05) is 12.1 Å². The first-order chi connectivity index (χ1) is 6.77. The fourth-order valence-corrected chi connectivity index (χ4v) is 1.22. The maximum absolute atomic E-state index is 11.7. The Bertz CT molecular complexity index is 448. The molecule has 0 amide bonds. The second kappa shape index (κ2) is 3.33. The number of hydrogen-bond acceptors (Lipinski definition) is 3. The van der Waals surface area contributed by atoms with Gasteiger partial charge in [-0.2, -0.15) is 5.10 Å². The van der Waals surface area contributed by atoms with E-state index in [-0.39, 0.29) is 5.78 Å². The fourth-order valence-electron chi connectivity index (χ4n) is 1.22. The molecule has 0 aliphatic rings. The summed E-state index contributed by atoms with van der Waals surface area (Å²) in [5.41, 5.74) is 7.27. The molecule has 0 saturated carbocycles. The molecular weight excluding hydrogens is 178 g/mol. The van der Waals surface area contributed by atoms with E-state index in [0.29, 0.717) is 16.8 Å². The molecule has 4 nitrogen and oxygen atoms in total. The van der Waals surface area contributed by atoms with Crippen molar-refractivity contribution in [3.05, 3.63) is 47.8 Å². The van der Waals surface area contributed by atoms with Crippen molar-refractivity contribution in [2.45, 2.75) is 0 Å². The first-order valence-corrected chi connectivity index (χ1v) is 4.16. The van der Waals surface area contributed by atoms with Crippen LogP contribution < -0.4 is 5.73 Å². The lowest BCUT2D eigenvalue weighted by atomic mass is 10.1. The Labute approximate surface area is 80.8 Å². The van der Waals surface area contributed by atoms with Crippen LogP contribution >= 0.6 is 0 Å². The topological polar surface area (TPSA) is 71.8 Å². The van der Waals surface area contributed by atoms with E-state index < -0.39 is 0 Å². The van der Waals surface area contributed by atoms with E-state index in [0.717, 1.165) is 0 Å². The number of carbonyl (C=O) groups excluding carboxylic acids is 1. The van der Waals surface area contributed by atoms with E-state index >= 15 is 0 Å². The molecule has 14 heavy (non-hydrogen) atoms. The van der Waals surface area contributed by atoms with Gasteiger partial charge in [0.25, 0.3) is 0 Å². The van der Waals surface area contributed by atoms with Crippen LogP contribution in [0.3, 0.4) is 0 Å². The fraction of sp³-hybridized carbons (Fsp3) is 0. The minimum atomic E-state index is -0.0777. The smallest absolute Gasteiger partial charge is 0.196 e. The van der Waals surface area contributed by atoms with Gasteiger partial charge in [0.15, 0.2) is 5.78 Å². The highest BCUT2D eigenvalue weighted by Crippen LogP contribution is 2.11. The number of nitrogens with zero attached hydrogens (tertiary/aromatic N) is 1. The van der Waals surface area contributed by atoms with Crippen molar-refractivity contribution in [1.82, 2.24) is 10.2 Å². The van der Waals surface area contributed by atoms with Gasteiger partial charge in [-0.15, -0.1) is 0 Å². The summed E-state index contributed by atoms with van der Waals surface area (Å²) in [7, 11) is 0. The molecule has 0 radical (unpaired) electrons. The van der Waals surface area contributed by atoms with Crippen molar-refractivity contribution < 1.29 is 4.79 Å². The first kappa shape index (κ1) is 8.50. The molecule has 0 fully saturated rings. The SMILES string of the molecule is Nc1cccc(C(=O)c2cn[nH]c2)c1. The molecule has 2 aromatic rings. The molecule has 0 aliphatic carbocycles. The normalized spacial score (nSPS) is 10.0. The minimum Gasteiger partial charge on any atom is -0.399 e. The molecule has 4 heteroatoms. The summed E-state index contributed by atoms with van der Waals surface area (Å²) in [5.74, 6) is -0.0777. The number of aromatic nitrogens is 2. The van der Waals surface area contributed by atoms with Crippen molar-refractivity contribution in [2.75, 3.05) is 5.73 Å². The molecule has 1 heterocycles. The summed E-state index contributed by atoms with van der Waals surface area (Å²) in [6.45, 7) is 0. The number of H-pyrrole nitrogens is 1. The van der Waals surface area contributed by atoms with Crippen LogP contribution in [0.4, 0.5) is 5.69 Å². The van der Waals surface area contributed by atoms with Crippen LogP contribution in [0.1, 0.15) is 15.9 Å². The Hall–Kier alpha value is -2.10. The summed E-state index contributed by atoms with van der Waals surface area (Å²) >= 11 is 0. The van der Waals surface area contributed by atoms with Gasteiger partial charge in [0.1, 0.15) is 0 Å². The molecule has 3 N–H and O–H groups in total. The Morgan fingerprint density at radius 3 is 2.86 bits per heavy atom. The lowest BCUT2D eigenvalue weighted by Crippen LogP contribution is -2.00. The summed E-state index contributed by atoms with van der Waals surface area (Å²) in [5, 5.41) is 6.31. The third kappa shape index (κ3) is 1.50. The Kier molecular flexibility index (Phi) is 2.02. The van der Waals surface area contributed by atoms with Gasteiger partial charge in [-0.25, -0.2) is 0 Å². The third-order valence-electron chi connectivity index (χ3n) is 1.91. The number of nitrogens with one attached hydrogen (secondary N) is 1. The van der Waals surface area contributed by atoms with E-state index in [1.807, 2.05) is 0 Å². The second-order valence-corrected chi connectivity index (χ2v) is 2.94. The number of ketones is 1. The van der Waals surface area contributed by atoms with Crippen LogP contribution in [0.25, 0.3) is 0 Å². The monoisotopic (exact) mass is 187 g/mol. The van der Waals surface area contributed by atoms with Crippen LogP contribution in [0.15, 0.2) is 36.7 Å². The van der Waals surface area contributed by atoms with E-state index in [4.69, 9.17) is 5.73 Å². The standard InChI is InChI=1S/C10H9N3O/c11-9-3-1-2-7(4-9)10(14)8-5-12-13-6-8/h1-6H,11H2,(H,12,13). The Morgan fingerprint density at radius 2 is 2.21 bits per heavy atom. The second-order valence-electron chi connectivity index (χ2n) is 2.94. The number of hydrogen-bond donors (Lipinski definition) is 2. The molecule has 0 bridgehead atoms. The van der Waals surface area contributed by atoms with Gasteiger partial charge in [0.05, 0.1) is 11.8 Å². The highest BCUT2D eigenvalue weighted by Gasteiger charge is 2.09. The number of nitrogen functional groups attached to an aromatic ring is 1. The van der Waals surface area contributed by atoms with Gasteiger partial charge >= 0.3 is 0 Å².